The van der Waals surface area contributed by atoms with E-state index in [9.17, 15) is 0 Å². The van der Waals surface area contributed by atoms with Crippen molar-refractivity contribution in [2.75, 3.05) is 7.11 Å². The van der Waals surface area contributed by atoms with Crippen LogP contribution in [0.3, 0.4) is 0 Å². The standard InChI is InChI=1S/C9H9ClN2O/c1-13-9-4-2-3-8-11-7(5-10)6-12(8)9/h2-4,6H,5H2,1H3. The Kier molecular flexibility index (Phi) is 2.10. The zero-order valence-corrected chi connectivity index (χ0v) is 7.95. The Hall–Kier alpha value is -1.22. The third kappa shape index (κ3) is 1.35. The molecule has 0 amide bonds. The number of imidazole rings is 1. The summed E-state index contributed by atoms with van der Waals surface area (Å²) in [7, 11) is 1.63. The predicted octanol–water partition coefficient (Wildman–Crippen LogP) is 2.08. The first-order chi connectivity index (χ1) is 6.35. The van der Waals surface area contributed by atoms with E-state index in [0.717, 1.165) is 17.2 Å². The molecule has 0 bridgehead atoms. The van der Waals surface area contributed by atoms with E-state index in [-0.39, 0.29) is 0 Å². The van der Waals surface area contributed by atoms with Gasteiger partial charge in [0.05, 0.1) is 18.7 Å². The van der Waals surface area contributed by atoms with Gasteiger partial charge in [0.2, 0.25) is 0 Å². The highest BCUT2D eigenvalue weighted by Gasteiger charge is 2.03. The molecule has 4 heteroatoms. The summed E-state index contributed by atoms with van der Waals surface area (Å²) in [6, 6.07) is 5.70. The number of nitrogens with zero attached hydrogens (tertiary/aromatic N) is 2. The Labute approximate surface area is 80.9 Å². The summed E-state index contributed by atoms with van der Waals surface area (Å²) in [6.07, 6.45) is 1.88. The largest absolute Gasteiger partial charge is 0.482 e. The van der Waals surface area contributed by atoms with Crippen LogP contribution in [0.1, 0.15) is 5.69 Å². The number of pyridine rings is 1. The van der Waals surface area contributed by atoms with Crippen molar-refractivity contribution >= 4 is 17.2 Å². The average molecular weight is 197 g/mol. The van der Waals surface area contributed by atoms with Crippen LogP contribution in [0.15, 0.2) is 24.4 Å². The van der Waals surface area contributed by atoms with Gasteiger partial charge in [0.25, 0.3) is 0 Å². The molecule has 0 N–H and O–H groups in total. The quantitative estimate of drug-likeness (QED) is 0.688. The van der Waals surface area contributed by atoms with Gasteiger partial charge < -0.3 is 4.74 Å². The maximum atomic E-state index is 5.68. The van der Waals surface area contributed by atoms with Gasteiger partial charge in [-0.15, -0.1) is 11.6 Å². The third-order valence-corrected chi connectivity index (χ3v) is 2.12. The number of ether oxygens (including phenoxy) is 1. The van der Waals surface area contributed by atoms with Crippen LogP contribution in [0.25, 0.3) is 5.65 Å². The molecule has 2 heterocycles. The summed E-state index contributed by atoms with van der Waals surface area (Å²) in [4.78, 5) is 4.29. The molecule has 0 aliphatic rings. The molecule has 2 rings (SSSR count). The number of hydrogen-bond donors (Lipinski definition) is 0. The van der Waals surface area contributed by atoms with Gasteiger partial charge in [-0.1, -0.05) is 6.07 Å². The Morgan fingerprint density at radius 1 is 1.54 bits per heavy atom. The lowest BCUT2D eigenvalue weighted by Crippen LogP contribution is -1.91. The van der Waals surface area contributed by atoms with E-state index in [4.69, 9.17) is 16.3 Å². The van der Waals surface area contributed by atoms with Gasteiger partial charge in [0.15, 0.2) is 5.88 Å². The number of rotatable bonds is 2. The molecule has 0 saturated heterocycles. The number of halogens is 1. The molecule has 0 fully saturated rings. The minimum Gasteiger partial charge on any atom is -0.482 e. The highest BCUT2D eigenvalue weighted by molar-refractivity contribution is 6.16. The van der Waals surface area contributed by atoms with Crippen LogP contribution >= 0.6 is 11.6 Å². The van der Waals surface area contributed by atoms with Gasteiger partial charge in [-0.25, -0.2) is 4.98 Å². The molecule has 0 atom stereocenters. The number of hydrogen-bond acceptors (Lipinski definition) is 2. The summed E-state index contributed by atoms with van der Waals surface area (Å²) in [5.74, 6) is 1.19. The van der Waals surface area contributed by atoms with Crippen LogP contribution in [-0.2, 0) is 5.88 Å². The van der Waals surface area contributed by atoms with Gasteiger partial charge in [0.1, 0.15) is 5.65 Å². The molecule has 0 aliphatic carbocycles. The number of alkyl halides is 1. The Morgan fingerprint density at radius 3 is 3.08 bits per heavy atom. The van der Waals surface area contributed by atoms with Crippen molar-refractivity contribution in [3.8, 4) is 5.88 Å². The average Bonchev–Trinajstić information content (AvgIpc) is 2.59. The fraction of sp³-hybridized carbons (Fsp3) is 0.222. The molecule has 0 saturated carbocycles. The maximum Gasteiger partial charge on any atom is 0.198 e. The van der Waals surface area contributed by atoms with E-state index >= 15 is 0 Å². The molecular weight excluding hydrogens is 188 g/mol. The van der Waals surface area contributed by atoms with E-state index in [1.807, 2.05) is 28.8 Å². The molecule has 0 aromatic carbocycles. The van der Waals surface area contributed by atoms with Crippen molar-refractivity contribution in [1.82, 2.24) is 9.38 Å². The van der Waals surface area contributed by atoms with Crippen molar-refractivity contribution in [3.63, 3.8) is 0 Å². The first kappa shape index (κ1) is 8.38. The number of methoxy groups -OCH3 is 1. The van der Waals surface area contributed by atoms with Crippen LogP contribution in [0.4, 0.5) is 0 Å². The van der Waals surface area contributed by atoms with Gasteiger partial charge in [0, 0.05) is 6.20 Å². The van der Waals surface area contributed by atoms with Crippen LogP contribution in [-0.4, -0.2) is 16.5 Å². The van der Waals surface area contributed by atoms with Crippen LogP contribution in [0.5, 0.6) is 5.88 Å². The van der Waals surface area contributed by atoms with Crippen molar-refractivity contribution < 1.29 is 4.74 Å². The first-order valence-corrected chi connectivity index (χ1v) is 4.45. The third-order valence-electron chi connectivity index (χ3n) is 1.85. The lowest BCUT2D eigenvalue weighted by atomic mass is 10.4. The first-order valence-electron chi connectivity index (χ1n) is 3.92. The molecule has 2 aromatic heterocycles. The molecule has 13 heavy (non-hydrogen) atoms. The van der Waals surface area contributed by atoms with E-state index in [0.29, 0.717) is 5.88 Å². The molecule has 2 aromatic rings. The highest BCUT2D eigenvalue weighted by Crippen LogP contribution is 2.15. The minimum atomic E-state index is 0.421. The maximum absolute atomic E-state index is 5.68. The summed E-state index contributed by atoms with van der Waals surface area (Å²) in [5.41, 5.74) is 1.71. The minimum absolute atomic E-state index is 0.421. The van der Waals surface area contributed by atoms with Crippen molar-refractivity contribution in [2.45, 2.75) is 5.88 Å². The second-order valence-corrected chi connectivity index (χ2v) is 2.93. The highest BCUT2D eigenvalue weighted by atomic mass is 35.5. The molecular formula is C9H9ClN2O. The summed E-state index contributed by atoms with van der Waals surface area (Å²) >= 11 is 5.68. The monoisotopic (exact) mass is 196 g/mol. The predicted molar refractivity (Wildman–Crippen MR) is 51.3 cm³/mol. The number of fused-ring (bicyclic) bond motifs is 1. The molecule has 0 aliphatic heterocycles. The van der Waals surface area contributed by atoms with E-state index in [1.54, 1.807) is 7.11 Å². The zero-order chi connectivity index (χ0) is 9.26. The van der Waals surface area contributed by atoms with E-state index in [2.05, 4.69) is 4.98 Å². The summed E-state index contributed by atoms with van der Waals surface area (Å²) in [6.45, 7) is 0. The van der Waals surface area contributed by atoms with E-state index < -0.39 is 0 Å². The Balaban J connectivity index is 2.67. The topological polar surface area (TPSA) is 26.5 Å². The molecule has 68 valence electrons. The molecule has 0 radical (unpaired) electrons. The Bertz CT molecular complexity index is 424. The smallest absolute Gasteiger partial charge is 0.198 e. The molecule has 0 unspecified atom stereocenters. The fourth-order valence-electron chi connectivity index (χ4n) is 1.27. The SMILES string of the molecule is COc1cccc2nc(CCl)cn12. The van der Waals surface area contributed by atoms with Crippen molar-refractivity contribution in [3.05, 3.63) is 30.1 Å². The lowest BCUT2D eigenvalue weighted by Gasteiger charge is -2.01. The molecule has 0 spiro atoms. The normalized spacial score (nSPS) is 10.6. The van der Waals surface area contributed by atoms with Crippen LogP contribution < -0.4 is 4.74 Å². The number of aromatic nitrogens is 2. The molecule has 3 nitrogen and oxygen atoms in total. The van der Waals surface area contributed by atoms with Crippen LogP contribution in [0, 0.1) is 0 Å². The van der Waals surface area contributed by atoms with Crippen LogP contribution in [0.2, 0.25) is 0 Å². The lowest BCUT2D eigenvalue weighted by molar-refractivity contribution is 0.392. The second kappa shape index (κ2) is 3.26. The second-order valence-electron chi connectivity index (χ2n) is 2.66. The van der Waals surface area contributed by atoms with Crippen molar-refractivity contribution in [2.24, 2.45) is 0 Å². The fourth-order valence-corrected chi connectivity index (χ4v) is 1.40. The van der Waals surface area contributed by atoms with Gasteiger partial charge in [-0.05, 0) is 12.1 Å². The Morgan fingerprint density at radius 2 is 2.38 bits per heavy atom. The zero-order valence-electron chi connectivity index (χ0n) is 7.20. The van der Waals surface area contributed by atoms with Gasteiger partial charge in [-0.3, -0.25) is 4.40 Å². The van der Waals surface area contributed by atoms with Gasteiger partial charge in [-0.2, -0.15) is 0 Å². The van der Waals surface area contributed by atoms with E-state index in [1.165, 1.54) is 0 Å². The van der Waals surface area contributed by atoms with Crippen molar-refractivity contribution in [1.29, 1.82) is 0 Å². The summed E-state index contributed by atoms with van der Waals surface area (Å²) < 4.78 is 7.04. The summed E-state index contributed by atoms with van der Waals surface area (Å²) in [5, 5.41) is 0. The van der Waals surface area contributed by atoms with Gasteiger partial charge >= 0.3 is 0 Å².